The third-order valence-electron chi connectivity index (χ3n) is 7.03. The summed E-state index contributed by atoms with van der Waals surface area (Å²) in [6.45, 7) is 1.95. The van der Waals surface area contributed by atoms with Crippen molar-refractivity contribution in [1.29, 1.82) is 0 Å². The maximum absolute atomic E-state index is 14.6. The molecule has 0 aliphatic rings. The number of nitrogens with zero attached hydrogens (tertiary/aromatic N) is 4. The number of halogens is 1. The number of pyridine rings is 3. The lowest BCUT2D eigenvalue weighted by atomic mass is 10.0. The van der Waals surface area contributed by atoms with E-state index < -0.39 is 15.7 Å². The lowest BCUT2D eigenvalue weighted by Gasteiger charge is -2.07. The molecule has 0 spiro atoms. The molecule has 43 heavy (non-hydrogen) atoms. The third-order valence-corrected chi connectivity index (χ3v) is 7.98. The van der Waals surface area contributed by atoms with E-state index in [9.17, 15) is 17.6 Å². The topological polar surface area (TPSA) is 146 Å². The van der Waals surface area contributed by atoms with Gasteiger partial charge in [-0.3, -0.25) is 19.9 Å². The largest absolute Gasteiger partial charge is 0.352 e. The fourth-order valence-electron chi connectivity index (χ4n) is 5.01. The van der Waals surface area contributed by atoms with E-state index in [0.717, 1.165) is 34.7 Å². The molecule has 12 heteroatoms. The molecule has 0 aliphatic carbocycles. The van der Waals surface area contributed by atoms with Crippen molar-refractivity contribution in [3.63, 3.8) is 0 Å². The van der Waals surface area contributed by atoms with Crippen LogP contribution in [0.2, 0.25) is 0 Å². The molecule has 218 valence electrons. The molecule has 5 aromatic heterocycles. The number of fused-ring (bicyclic) bond motifs is 2. The first-order valence-electron chi connectivity index (χ1n) is 13.7. The van der Waals surface area contributed by atoms with Crippen LogP contribution < -0.4 is 5.32 Å². The Morgan fingerprint density at radius 3 is 2.63 bits per heavy atom. The molecule has 0 aliphatic heterocycles. The number of aromatic amines is 2. The predicted molar refractivity (Wildman–Crippen MR) is 165 cm³/mol. The number of aryl methyl sites for hydroxylation is 1. The van der Waals surface area contributed by atoms with Crippen LogP contribution in [0.3, 0.4) is 0 Å². The Balaban J connectivity index is 1.37. The van der Waals surface area contributed by atoms with Crippen molar-refractivity contribution >= 4 is 43.4 Å². The van der Waals surface area contributed by atoms with E-state index in [1.54, 1.807) is 30.9 Å². The van der Waals surface area contributed by atoms with Gasteiger partial charge in [0.25, 0.3) is 0 Å². The zero-order valence-corrected chi connectivity index (χ0v) is 24.3. The number of carbonyl (C=O) groups excluding carboxylic acids is 1. The van der Waals surface area contributed by atoms with E-state index in [4.69, 9.17) is 4.98 Å². The van der Waals surface area contributed by atoms with Gasteiger partial charge < -0.3 is 10.3 Å². The van der Waals surface area contributed by atoms with Gasteiger partial charge in [0, 0.05) is 41.6 Å². The van der Waals surface area contributed by atoms with E-state index in [-0.39, 0.29) is 18.1 Å². The Morgan fingerprint density at radius 1 is 0.977 bits per heavy atom. The van der Waals surface area contributed by atoms with E-state index in [1.807, 2.05) is 31.2 Å². The van der Waals surface area contributed by atoms with Crippen LogP contribution >= 0.6 is 0 Å². The number of H-pyrrole nitrogens is 2. The molecule has 6 aromatic rings. The zero-order valence-electron chi connectivity index (χ0n) is 23.5. The van der Waals surface area contributed by atoms with E-state index in [2.05, 4.69) is 30.5 Å². The van der Waals surface area contributed by atoms with Gasteiger partial charge in [-0.1, -0.05) is 13.0 Å². The van der Waals surface area contributed by atoms with E-state index >= 15 is 0 Å². The van der Waals surface area contributed by atoms with Crippen molar-refractivity contribution in [2.45, 2.75) is 26.2 Å². The average molecular weight is 598 g/mol. The van der Waals surface area contributed by atoms with Gasteiger partial charge in [-0.2, -0.15) is 5.10 Å². The van der Waals surface area contributed by atoms with Gasteiger partial charge in [0.2, 0.25) is 5.91 Å². The van der Waals surface area contributed by atoms with Crippen molar-refractivity contribution in [2.75, 3.05) is 17.3 Å². The maximum Gasteiger partial charge on any atom is 0.224 e. The molecule has 0 fully saturated rings. The molecule has 5 heterocycles. The minimum Gasteiger partial charge on any atom is -0.352 e. The summed E-state index contributed by atoms with van der Waals surface area (Å²) in [5, 5.41) is 11.2. The average Bonchev–Trinajstić information content (AvgIpc) is 3.59. The number of hydrogen-bond donors (Lipinski definition) is 3. The van der Waals surface area contributed by atoms with E-state index in [1.165, 1.54) is 12.1 Å². The molecular weight excluding hydrogens is 569 g/mol. The number of amides is 1. The smallest absolute Gasteiger partial charge is 0.224 e. The highest BCUT2D eigenvalue weighted by atomic mass is 32.2. The quantitative estimate of drug-likeness (QED) is 0.194. The number of anilines is 1. The van der Waals surface area contributed by atoms with Crippen LogP contribution in [0.1, 0.15) is 25.3 Å². The number of nitrogens with one attached hydrogen (secondary N) is 3. The molecule has 0 unspecified atom stereocenters. The third kappa shape index (κ3) is 6.14. The van der Waals surface area contributed by atoms with Crippen LogP contribution in [0.25, 0.3) is 55.7 Å². The molecule has 0 saturated carbocycles. The molecule has 1 amide bonds. The van der Waals surface area contributed by atoms with Gasteiger partial charge in [-0.15, -0.1) is 0 Å². The van der Waals surface area contributed by atoms with Gasteiger partial charge in [-0.25, -0.2) is 17.8 Å². The van der Waals surface area contributed by atoms with Crippen LogP contribution in [0.15, 0.2) is 67.3 Å². The van der Waals surface area contributed by atoms with Gasteiger partial charge in [-0.05, 0) is 60.4 Å². The minimum atomic E-state index is -3.19. The maximum atomic E-state index is 14.6. The monoisotopic (exact) mass is 597 g/mol. The van der Waals surface area contributed by atoms with Crippen molar-refractivity contribution in [3.05, 3.63) is 78.6 Å². The van der Waals surface area contributed by atoms with Crippen LogP contribution in [-0.2, 0) is 21.1 Å². The number of benzene rings is 1. The molecule has 10 nitrogen and oxygen atoms in total. The Bertz CT molecular complexity index is 2100. The van der Waals surface area contributed by atoms with Gasteiger partial charge in [0.15, 0.2) is 0 Å². The van der Waals surface area contributed by atoms with Crippen molar-refractivity contribution in [2.24, 2.45) is 0 Å². The number of aromatic nitrogens is 6. The molecule has 0 bridgehead atoms. The van der Waals surface area contributed by atoms with Gasteiger partial charge in [0.1, 0.15) is 26.9 Å². The molecular formula is C31H28FN7O3S. The van der Waals surface area contributed by atoms with Crippen molar-refractivity contribution in [1.82, 2.24) is 30.1 Å². The Hall–Kier alpha value is -4.97. The molecule has 6 rings (SSSR count). The summed E-state index contributed by atoms with van der Waals surface area (Å²) in [7, 11) is -3.19. The minimum absolute atomic E-state index is 0.0677. The standard InChI is InChI=1S/C31H28FN7O3S/c1-3-4-29(40)35-22-12-20(14-33-15-22)25-5-6-26-30(37-25)31(39-38-26)27-13-23-24(16-34-17-28(23)36-27)19-9-18(10-21(32)11-19)7-8-43(2,41)42/h5-6,9-17,36H,3-4,7-8H2,1-2H3,(H,35,40)(H,38,39). The van der Waals surface area contributed by atoms with Gasteiger partial charge in [0.05, 0.1) is 46.3 Å². The second-order valence-electron chi connectivity index (χ2n) is 10.5. The summed E-state index contributed by atoms with van der Waals surface area (Å²) in [6.07, 6.45) is 9.19. The summed E-state index contributed by atoms with van der Waals surface area (Å²) < 4.78 is 37.9. The SMILES string of the molecule is CCCC(=O)Nc1cncc(-c2ccc3[nH]nc(-c4cc5c(-c6cc(F)cc(CCS(C)(=O)=O)c6)cncc5[nH]4)c3n2)c1. The van der Waals surface area contributed by atoms with Gasteiger partial charge >= 0.3 is 0 Å². The first-order chi connectivity index (χ1) is 20.7. The Kier molecular flexibility index (Phi) is 7.45. The lowest BCUT2D eigenvalue weighted by Crippen LogP contribution is -2.10. The van der Waals surface area contributed by atoms with Crippen molar-refractivity contribution in [3.8, 4) is 33.8 Å². The highest BCUT2D eigenvalue weighted by molar-refractivity contribution is 7.90. The highest BCUT2D eigenvalue weighted by Crippen LogP contribution is 2.34. The first-order valence-corrected chi connectivity index (χ1v) is 15.8. The molecule has 3 N–H and O–H groups in total. The highest BCUT2D eigenvalue weighted by Gasteiger charge is 2.17. The molecule has 0 radical (unpaired) electrons. The molecule has 0 atom stereocenters. The summed E-state index contributed by atoms with van der Waals surface area (Å²) in [5.41, 5.74) is 7.24. The van der Waals surface area contributed by atoms with Crippen LogP contribution in [0.5, 0.6) is 0 Å². The van der Waals surface area contributed by atoms with Crippen LogP contribution in [0.4, 0.5) is 10.1 Å². The molecule has 1 aromatic carbocycles. The fourth-order valence-corrected chi connectivity index (χ4v) is 5.62. The summed E-state index contributed by atoms with van der Waals surface area (Å²) in [4.78, 5) is 28.9. The summed E-state index contributed by atoms with van der Waals surface area (Å²) in [6, 6.07) is 12.1. The first kappa shape index (κ1) is 28.2. The number of hydrogen-bond acceptors (Lipinski definition) is 7. The Morgan fingerprint density at radius 2 is 1.81 bits per heavy atom. The lowest BCUT2D eigenvalue weighted by molar-refractivity contribution is -0.116. The zero-order chi connectivity index (χ0) is 30.1. The number of sulfone groups is 1. The predicted octanol–water partition coefficient (Wildman–Crippen LogP) is 5.70. The normalized spacial score (nSPS) is 11.8. The van der Waals surface area contributed by atoms with E-state index in [0.29, 0.717) is 51.4 Å². The summed E-state index contributed by atoms with van der Waals surface area (Å²) >= 11 is 0. The second kappa shape index (κ2) is 11.4. The fraction of sp³-hybridized carbons (Fsp3) is 0.194. The van der Waals surface area contributed by atoms with Crippen LogP contribution in [0, 0.1) is 5.82 Å². The second-order valence-corrected chi connectivity index (χ2v) is 12.7. The van der Waals surface area contributed by atoms with Crippen molar-refractivity contribution < 1.29 is 17.6 Å². The number of carbonyl (C=O) groups is 1. The Labute approximate surface area is 246 Å². The van der Waals surface area contributed by atoms with Crippen LogP contribution in [-0.4, -0.2) is 56.5 Å². The molecule has 0 saturated heterocycles. The number of rotatable bonds is 9. The summed E-state index contributed by atoms with van der Waals surface area (Å²) in [5.74, 6) is -0.591.